The van der Waals surface area contributed by atoms with Gasteiger partial charge in [-0.3, -0.25) is 0 Å². The average Bonchev–Trinajstić information content (AvgIpc) is 2.33. The maximum absolute atomic E-state index is 5.49. The lowest BCUT2D eigenvalue weighted by molar-refractivity contribution is 0.211. The molecular weight excluding hydrogens is 170 g/mol. The summed E-state index contributed by atoms with van der Waals surface area (Å²) in [4.78, 5) is 0. The van der Waals surface area contributed by atoms with Gasteiger partial charge in [-0.05, 0) is 24.7 Å². The molecule has 0 radical (unpaired) electrons. The first kappa shape index (κ1) is 7.98. The molecule has 0 aliphatic heterocycles. The summed E-state index contributed by atoms with van der Waals surface area (Å²) in [5, 5.41) is 9.50. The monoisotopic (exact) mass is 183 g/mol. The van der Waals surface area contributed by atoms with E-state index in [0.29, 0.717) is 5.13 Å². The van der Waals surface area contributed by atoms with Gasteiger partial charge in [-0.25, -0.2) is 0 Å². The summed E-state index contributed by atoms with van der Waals surface area (Å²) in [6.07, 6.45) is 3.78. The van der Waals surface area contributed by atoms with Gasteiger partial charge in [0.1, 0.15) is 5.01 Å². The molecule has 1 aliphatic carbocycles. The van der Waals surface area contributed by atoms with Crippen LogP contribution in [0.25, 0.3) is 0 Å². The highest BCUT2D eigenvalue weighted by Crippen LogP contribution is 2.35. The van der Waals surface area contributed by atoms with E-state index in [1.165, 1.54) is 24.2 Å². The van der Waals surface area contributed by atoms with E-state index in [1.54, 1.807) is 0 Å². The molecule has 3 nitrogen and oxygen atoms in total. The van der Waals surface area contributed by atoms with E-state index in [1.807, 2.05) is 0 Å². The second kappa shape index (κ2) is 3.01. The number of aromatic nitrogens is 2. The largest absolute Gasteiger partial charge is 0.374 e. The highest BCUT2D eigenvalue weighted by molar-refractivity contribution is 7.15. The van der Waals surface area contributed by atoms with E-state index in [-0.39, 0.29) is 0 Å². The van der Waals surface area contributed by atoms with Crippen LogP contribution in [-0.4, -0.2) is 10.2 Å². The lowest BCUT2D eigenvalue weighted by atomic mass is 9.75. The zero-order valence-corrected chi connectivity index (χ0v) is 7.97. The number of hydrogen-bond donors (Lipinski definition) is 1. The molecule has 1 heterocycles. The third-order valence-corrected chi connectivity index (χ3v) is 3.19. The molecule has 66 valence electrons. The molecule has 1 aliphatic rings. The van der Waals surface area contributed by atoms with Crippen LogP contribution in [0.5, 0.6) is 0 Å². The van der Waals surface area contributed by atoms with Gasteiger partial charge >= 0.3 is 0 Å². The Balaban J connectivity index is 1.88. The van der Waals surface area contributed by atoms with Crippen molar-refractivity contribution in [2.45, 2.75) is 26.2 Å². The Bertz CT molecular complexity index is 265. The fraction of sp³-hybridized carbons (Fsp3) is 0.750. The van der Waals surface area contributed by atoms with Crippen molar-refractivity contribution in [2.75, 3.05) is 5.73 Å². The van der Waals surface area contributed by atoms with Crippen molar-refractivity contribution in [1.29, 1.82) is 0 Å². The van der Waals surface area contributed by atoms with Gasteiger partial charge in [0.2, 0.25) is 5.13 Å². The quantitative estimate of drug-likeness (QED) is 0.759. The predicted molar refractivity (Wildman–Crippen MR) is 49.9 cm³/mol. The van der Waals surface area contributed by atoms with Gasteiger partial charge in [-0.15, -0.1) is 10.2 Å². The molecule has 1 aromatic heterocycles. The molecule has 0 saturated heterocycles. The lowest BCUT2D eigenvalue weighted by Crippen LogP contribution is -2.22. The molecule has 2 N–H and O–H groups in total. The van der Waals surface area contributed by atoms with Crippen LogP contribution < -0.4 is 5.73 Å². The van der Waals surface area contributed by atoms with E-state index in [9.17, 15) is 0 Å². The van der Waals surface area contributed by atoms with Crippen LogP contribution in [0.2, 0.25) is 0 Å². The smallest absolute Gasteiger partial charge is 0.203 e. The number of rotatable bonds is 2. The number of hydrogen-bond acceptors (Lipinski definition) is 4. The van der Waals surface area contributed by atoms with E-state index >= 15 is 0 Å². The molecule has 1 saturated carbocycles. The minimum atomic E-state index is 0.595. The average molecular weight is 183 g/mol. The molecule has 2 rings (SSSR count). The van der Waals surface area contributed by atoms with Gasteiger partial charge in [-0.1, -0.05) is 18.3 Å². The lowest BCUT2D eigenvalue weighted by Gasteiger charge is -2.31. The SMILES string of the molecule is CC1CC(Cc2nnc(N)s2)C1. The van der Waals surface area contributed by atoms with Crippen molar-refractivity contribution in [2.24, 2.45) is 11.8 Å². The summed E-state index contributed by atoms with van der Waals surface area (Å²) in [6.45, 7) is 2.30. The Hall–Kier alpha value is -0.640. The summed E-state index contributed by atoms with van der Waals surface area (Å²) in [7, 11) is 0. The van der Waals surface area contributed by atoms with Gasteiger partial charge in [0.25, 0.3) is 0 Å². The first-order valence-electron chi connectivity index (χ1n) is 4.32. The van der Waals surface area contributed by atoms with Crippen LogP contribution in [0.3, 0.4) is 0 Å². The van der Waals surface area contributed by atoms with E-state index in [2.05, 4.69) is 17.1 Å². The molecule has 1 aromatic rings. The maximum Gasteiger partial charge on any atom is 0.203 e. The van der Waals surface area contributed by atoms with Crippen LogP contribution in [0.15, 0.2) is 0 Å². The zero-order valence-electron chi connectivity index (χ0n) is 7.16. The summed E-state index contributed by atoms with van der Waals surface area (Å²) in [6, 6.07) is 0. The number of nitrogens with two attached hydrogens (primary N) is 1. The Labute approximate surface area is 76.0 Å². The maximum atomic E-state index is 5.49. The Morgan fingerprint density at radius 2 is 2.25 bits per heavy atom. The van der Waals surface area contributed by atoms with Gasteiger partial charge < -0.3 is 5.73 Å². The van der Waals surface area contributed by atoms with Gasteiger partial charge in [0.15, 0.2) is 0 Å². The van der Waals surface area contributed by atoms with Crippen LogP contribution in [0.4, 0.5) is 5.13 Å². The van der Waals surface area contributed by atoms with Gasteiger partial charge in [0.05, 0.1) is 0 Å². The van der Waals surface area contributed by atoms with Crippen LogP contribution in [-0.2, 0) is 6.42 Å². The molecule has 0 bridgehead atoms. The molecule has 0 aromatic carbocycles. The van der Waals surface area contributed by atoms with Gasteiger partial charge in [0, 0.05) is 6.42 Å². The highest BCUT2D eigenvalue weighted by atomic mass is 32.1. The second-order valence-electron chi connectivity index (χ2n) is 3.68. The highest BCUT2D eigenvalue weighted by Gasteiger charge is 2.26. The first-order chi connectivity index (χ1) is 5.74. The van der Waals surface area contributed by atoms with Gasteiger partial charge in [-0.2, -0.15) is 0 Å². The van der Waals surface area contributed by atoms with E-state index in [4.69, 9.17) is 5.73 Å². The fourth-order valence-electron chi connectivity index (χ4n) is 1.83. The molecule has 0 atom stereocenters. The molecule has 12 heavy (non-hydrogen) atoms. The number of anilines is 1. The van der Waals surface area contributed by atoms with Crippen LogP contribution in [0, 0.1) is 11.8 Å². The van der Waals surface area contributed by atoms with E-state index < -0.39 is 0 Å². The standard InChI is InChI=1S/C8H13N3S/c1-5-2-6(3-5)4-7-10-11-8(9)12-7/h5-6H,2-4H2,1H3,(H2,9,11). The third-order valence-electron chi connectivity index (χ3n) is 2.42. The molecule has 1 fully saturated rings. The molecule has 0 spiro atoms. The van der Waals surface area contributed by atoms with Crippen LogP contribution >= 0.6 is 11.3 Å². The summed E-state index contributed by atoms with van der Waals surface area (Å²) >= 11 is 1.52. The van der Waals surface area contributed by atoms with Crippen molar-refractivity contribution in [3.05, 3.63) is 5.01 Å². The first-order valence-corrected chi connectivity index (χ1v) is 5.13. The molecular formula is C8H13N3S. The van der Waals surface area contributed by atoms with E-state index in [0.717, 1.165) is 23.3 Å². The zero-order chi connectivity index (χ0) is 8.55. The Morgan fingerprint density at radius 3 is 2.75 bits per heavy atom. The third kappa shape index (κ3) is 1.58. The molecule has 4 heteroatoms. The van der Waals surface area contributed by atoms with Crippen molar-refractivity contribution in [1.82, 2.24) is 10.2 Å². The normalized spacial score (nSPS) is 28.4. The minimum absolute atomic E-state index is 0.595. The Morgan fingerprint density at radius 1 is 1.50 bits per heavy atom. The minimum Gasteiger partial charge on any atom is -0.374 e. The number of nitrogens with zero attached hydrogens (tertiary/aromatic N) is 2. The van der Waals surface area contributed by atoms with Crippen molar-refractivity contribution in [3.63, 3.8) is 0 Å². The molecule has 0 unspecified atom stereocenters. The Kier molecular flexibility index (Phi) is 2.00. The second-order valence-corrected chi connectivity index (χ2v) is 4.77. The molecule has 0 amide bonds. The van der Waals surface area contributed by atoms with Crippen LogP contribution in [0.1, 0.15) is 24.8 Å². The topological polar surface area (TPSA) is 51.8 Å². The fourth-order valence-corrected chi connectivity index (χ4v) is 2.56. The summed E-state index contributed by atoms with van der Waals surface area (Å²) in [5.41, 5.74) is 5.49. The van der Waals surface area contributed by atoms with Crippen molar-refractivity contribution in [3.8, 4) is 0 Å². The number of nitrogen functional groups attached to an aromatic ring is 1. The van der Waals surface area contributed by atoms with Crippen molar-refractivity contribution >= 4 is 16.5 Å². The summed E-state index contributed by atoms with van der Waals surface area (Å²) in [5.74, 6) is 1.76. The summed E-state index contributed by atoms with van der Waals surface area (Å²) < 4.78 is 0. The predicted octanol–water partition coefficient (Wildman–Crippen LogP) is 1.71. The van der Waals surface area contributed by atoms with Crippen molar-refractivity contribution < 1.29 is 0 Å².